The van der Waals surface area contributed by atoms with Crippen molar-refractivity contribution < 1.29 is 9.53 Å². The van der Waals surface area contributed by atoms with Crippen molar-refractivity contribution in [2.45, 2.75) is 40.3 Å². The van der Waals surface area contributed by atoms with Crippen LogP contribution in [0.4, 0.5) is 0 Å². The molecule has 0 saturated carbocycles. The van der Waals surface area contributed by atoms with Crippen molar-refractivity contribution in [1.29, 1.82) is 0 Å². The zero-order valence-corrected chi connectivity index (χ0v) is 20.6. The van der Waals surface area contributed by atoms with Crippen molar-refractivity contribution in [1.82, 2.24) is 19.9 Å². The SMILES string of the molecule is COc1ccc(-c2cc(C(=O)NCc3c(C)cc(C)[nH]c3=O)c3c(Cl)cn(C(C)C)c3c2)cn1. The minimum Gasteiger partial charge on any atom is -0.481 e. The number of fused-ring (bicyclic) bond motifs is 1. The summed E-state index contributed by atoms with van der Waals surface area (Å²) in [7, 11) is 1.56. The zero-order chi connectivity index (χ0) is 24.6. The number of carbonyl (C=O) groups is 1. The first kappa shape index (κ1) is 23.6. The molecule has 0 aliphatic rings. The van der Waals surface area contributed by atoms with E-state index in [9.17, 15) is 9.59 Å². The zero-order valence-electron chi connectivity index (χ0n) is 19.8. The van der Waals surface area contributed by atoms with E-state index < -0.39 is 0 Å². The van der Waals surface area contributed by atoms with Crippen LogP contribution in [0.25, 0.3) is 22.0 Å². The van der Waals surface area contributed by atoms with E-state index in [2.05, 4.69) is 29.1 Å². The van der Waals surface area contributed by atoms with Crippen molar-refractivity contribution in [2.75, 3.05) is 7.11 Å². The van der Waals surface area contributed by atoms with Gasteiger partial charge in [-0.25, -0.2) is 4.98 Å². The summed E-state index contributed by atoms with van der Waals surface area (Å²) in [6.07, 6.45) is 3.56. The second-order valence-corrected chi connectivity index (χ2v) is 9.02. The van der Waals surface area contributed by atoms with Gasteiger partial charge >= 0.3 is 0 Å². The van der Waals surface area contributed by atoms with Gasteiger partial charge in [-0.05, 0) is 63.1 Å². The largest absolute Gasteiger partial charge is 0.481 e. The van der Waals surface area contributed by atoms with Gasteiger partial charge in [0.15, 0.2) is 0 Å². The van der Waals surface area contributed by atoms with Crippen LogP contribution >= 0.6 is 11.6 Å². The average molecular weight is 479 g/mol. The van der Waals surface area contributed by atoms with E-state index in [1.807, 2.05) is 48.9 Å². The highest BCUT2D eigenvalue weighted by molar-refractivity contribution is 6.37. The highest BCUT2D eigenvalue weighted by Gasteiger charge is 2.20. The molecule has 0 fully saturated rings. The molecule has 176 valence electrons. The number of aromatic amines is 1. The van der Waals surface area contributed by atoms with Crippen LogP contribution in [0.3, 0.4) is 0 Å². The van der Waals surface area contributed by atoms with Gasteiger partial charge in [-0.1, -0.05) is 11.6 Å². The van der Waals surface area contributed by atoms with Crippen molar-refractivity contribution in [3.8, 4) is 17.0 Å². The maximum Gasteiger partial charge on any atom is 0.253 e. The minimum atomic E-state index is -0.309. The van der Waals surface area contributed by atoms with Gasteiger partial charge in [0.25, 0.3) is 11.5 Å². The van der Waals surface area contributed by atoms with E-state index in [0.717, 1.165) is 27.9 Å². The van der Waals surface area contributed by atoms with Crippen molar-refractivity contribution in [2.24, 2.45) is 0 Å². The van der Waals surface area contributed by atoms with Gasteiger partial charge in [-0.3, -0.25) is 9.59 Å². The number of methoxy groups -OCH3 is 1. The molecular formula is C26H27ClN4O3. The van der Waals surface area contributed by atoms with Crippen LogP contribution in [-0.4, -0.2) is 27.6 Å². The number of ether oxygens (including phenoxy) is 1. The Morgan fingerprint density at radius 3 is 2.59 bits per heavy atom. The Bertz CT molecular complexity index is 1440. The van der Waals surface area contributed by atoms with E-state index >= 15 is 0 Å². The van der Waals surface area contributed by atoms with Crippen LogP contribution < -0.4 is 15.6 Å². The van der Waals surface area contributed by atoms with Crippen molar-refractivity contribution in [3.05, 3.63) is 80.5 Å². The standard InChI is InChI=1S/C26H27ClN4O3/c1-14(2)31-13-21(27)24-19(25(32)29-12-20-15(3)8-16(4)30-26(20)33)9-18(10-22(24)31)17-6-7-23(34-5)28-11-17/h6-11,13-14H,12H2,1-5H3,(H,29,32)(H,30,33). The number of aromatic nitrogens is 3. The van der Waals surface area contributed by atoms with Gasteiger partial charge in [0, 0.05) is 53.3 Å². The van der Waals surface area contributed by atoms with Crippen molar-refractivity contribution >= 4 is 28.4 Å². The number of carbonyl (C=O) groups excluding carboxylic acids is 1. The Morgan fingerprint density at radius 2 is 1.97 bits per heavy atom. The number of H-pyrrole nitrogens is 1. The summed E-state index contributed by atoms with van der Waals surface area (Å²) >= 11 is 6.61. The highest BCUT2D eigenvalue weighted by Crippen LogP contribution is 2.35. The Balaban J connectivity index is 1.80. The fourth-order valence-corrected chi connectivity index (χ4v) is 4.45. The third-order valence-electron chi connectivity index (χ3n) is 5.89. The third-order valence-corrected chi connectivity index (χ3v) is 6.17. The predicted octanol–water partition coefficient (Wildman–Crippen LogP) is 5.18. The first-order valence-corrected chi connectivity index (χ1v) is 11.4. The molecule has 0 aliphatic carbocycles. The molecule has 4 rings (SSSR count). The number of halogens is 1. The summed E-state index contributed by atoms with van der Waals surface area (Å²) in [5.41, 5.74) is 4.89. The molecule has 8 heteroatoms. The summed E-state index contributed by atoms with van der Waals surface area (Å²) in [6.45, 7) is 7.92. The number of pyridine rings is 2. The molecule has 0 atom stereocenters. The molecule has 7 nitrogen and oxygen atoms in total. The average Bonchev–Trinajstić information content (AvgIpc) is 3.14. The molecule has 0 radical (unpaired) electrons. The molecule has 0 aliphatic heterocycles. The lowest BCUT2D eigenvalue weighted by atomic mass is 10.0. The quantitative estimate of drug-likeness (QED) is 0.399. The normalized spacial score (nSPS) is 11.3. The monoisotopic (exact) mass is 478 g/mol. The molecule has 1 aromatic carbocycles. The molecule has 0 saturated heterocycles. The summed E-state index contributed by atoms with van der Waals surface area (Å²) in [5, 5.41) is 4.08. The topological polar surface area (TPSA) is 89.0 Å². The Labute approximate surface area is 202 Å². The van der Waals surface area contributed by atoms with Gasteiger partial charge in [-0.2, -0.15) is 0 Å². The number of hydrogen-bond donors (Lipinski definition) is 2. The van der Waals surface area contributed by atoms with Crippen LogP contribution in [0.1, 0.15) is 47.1 Å². The highest BCUT2D eigenvalue weighted by atomic mass is 35.5. The molecule has 0 bridgehead atoms. The molecule has 34 heavy (non-hydrogen) atoms. The molecule has 2 N–H and O–H groups in total. The molecule has 4 aromatic rings. The minimum absolute atomic E-state index is 0.110. The van der Waals surface area contributed by atoms with Gasteiger partial charge < -0.3 is 19.6 Å². The number of amides is 1. The molecule has 1 amide bonds. The smallest absolute Gasteiger partial charge is 0.253 e. The molecule has 3 heterocycles. The lowest BCUT2D eigenvalue weighted by Crippen LogP contribution is -2.28. The Hall–Kier alpha value is -3.58. The van der Waals surface area contributed by atoms with Gasteiger partial charge in [0.05, 0.1) is 23.2 Å². The number of aryl methyl sites for hydroxylation is 2. The number of benzene rings is 1. The number of nitrogens with zero attached hydrogens (tertiary/aromatic N) is 2. The third kappa shape index (κ3) is 4.43. The van der Waals surface area contributed by atoms with E-state index in [-0.39, 0.29) is 24.1 Å². The molecular weight excluding hydrogens is 452 g/mol. The van der Waals surface area contributed by atoms with Crippen LogP contribution in [0.2, 0.25) is 5.02 Å². The molecule has 0 unspecified atom stereocenters. The predicted molar refractivity (Wildman–Crippen MR) is 135 cm³/mol. The number of hydrogen-bond acceptors (Lipinski definition) is 4. The lowest BCUT2D eigenvalue weighted by Gasteiger charge is -2.14. The van der Waals surface area contributed by atoms with Crippen LogP contribution in [0, 0.1) is 13.8 Å². The van der Waals surface area contributed by atoms with Crippen molar-refractivity contribution in [3.63, 3.8) is 0 Å². The fourth-order valence-electron chi connectivity index (χ4n) is 4.15. The number of rotatable bonds is 6. The van der Waals surface area contributed by atoms with E-state index in [1.165, 1.54) is 0 Å². The van der Waals surface area contributed by atoms with Gasteiger partial charge in [0.2, 0.25) is 5.88 Å². The van der Waals surface area contributed by atoms with E-state index in [4.69, 9.17) is 16.3 Å². The first-order valence-electron chi connectivity index (χ1n) is 11.0. The Morgan fingerprint density at radius 1 is 1.21 bits per heavy atom. The fraction of sp³-hybridized carbons (Fsp3) is 0.269. The summed E-state index contributed by atoms with van der Waals surface area (Å²) in [5.74, 6) is 0.200. The Kier molecular flexibility index (Phi) is 6.48. The second-order valence-electron chi connectivity index (χ2n) is 8.61. The first-order chi connectivity index (χ1) is 16.2. The maximum absolute atomic E-state index is 13.4. The number of nitrogens with one attached hydrogen (secondary N) is 2. The van der Waals surface area contributed by atoms with Gasteiger partial charge in [-0.15, -0.1) is 0 Å². The second kappa shape index (κ2) is 9.35. The van der Waals surface area contributed by atoms with Crippen LogP contribution in [0.15, 0.2) is 47.5 Å². The summed E-state index contributed by atoms with van der Waals surface area (Å²) in [4.78, 5) is 32.9. The van der Waals surface area contributed by atoms with Crippen LogP contribution in [0.5, 0.6) is 5.88 Å². The maximum atomic E-state index is 13.4. The van der Waals surface area contributed by atoms with E-state index in [0.29, 0.717) is 27.4 Å². The summed E-state index contributed by atoms with van der Waals surface area (Å²) < 4.78 is 7.21. The van der Waals surface area contributed by atoms with Crippen LogP contribution in [-0.2, 0) is 6.54 Å². The van der Waals surface area contributed by atoms with Gasteiger partial charge in [0.1, 0.15) is 0 Å². The van der Waals surface area contributed by atoms with E-state index in [1.54, 1.807) is 19.4 Å². The molecule has 0 spiro atoms. The molecule has 3 aromatic heterocycles. The lowest BCUT2D eigenvalue weighted by molar-refractivity contribution is 0.0952. The summed E-state index contributed by atoms with van der Waals surface area (Å²) in [6, 6.07) is 9.52.